The number of benzene rings is 2. The Labute approximate surface area is 187 Å². The molecule has 2 aliphatic rings. The SMILES string of the molecule is O=c1nc2n(C3CCCC3)c3cc(C4CCNCC4)c(F)cc3n2c2cccc(Br)c12. The van der Waals surface area contributed by atoms with Gasteiger partial charge < -0.3 is 9.88 Å². The predicted molar refractivity (Wildman–Crippen MR) is 124 cm³/mol. The molecule has 0 amide bonds. The molecule has 6 rings (SSSR count). The van der Waals surface area contributed by atoms with Gasteiger partial charge in [-0.3, -0.25) is 9.20 Å². The Morgan fingerprint density at radius 3 is 2.58 bits per heavy atom. The molecule has 1 aliphatic carbocycles. The van der Waals surface area contributed by atoms with Crippen molar-refractivity contribution >= 4 is 43.6 Å². The van der Waals surface area contributed by atoms with Crippen molar-refractivity contribution < 1.29 is 4.39 Å². The fraction of sp³-hybridized carbons (Fsp3) is 0.417. The highest BCUT2D eigenvalue weighted by molar-refractivity contribution is 9.10. The van der Waals surface area contributed by atoms with Crippen LogP contribution < -0.4 is 10.9 Å². The van der Waals surface area contributed by atoms with E-state index >= 15 is 4.39 Å². The second kappa shape index (κ2) is 7.41. The van der Waals surface area contributed by atoms with Crippen LogP contribution in [-0.4, -0.2) is 27.0 Å². The van der Waals surface area contributed by atoms with Crippen LogP contribution in [0.25, 0.3) is 27.7 Å². The summed E-state index contributed by atoms with van der Waals surface area (Å²) in [5.41, 5.74) is 3.09. The van der Waals surface area contributed by atoms with Crippen LogP contribution in [0.5, 0.6) is 0 Å². The number of rotatable bonds is 2. The molecular weight excluding hydrogens is 459 g/mol. The summed E-state index contributed by atoms with van der Waals surface area (Å²) < 4.78 is 20.3. The molecule has 31 heavy (non-hydrogen) atoms. The third kappa shape index (κ3) is 2.97. The zero-order valence-electron chi connectivity index (χ0n) is 17.2. The normalized spacial score (nSPS) is 18.6. The molecule has 0 unspecified atom stereocenters. The van der Waals surface area contributed by atoms with E-state index in [-0.39, 0.29) is 23.3 Å². The standard InChI is InChI=1S/C24H24BrFN4O/c25-17-6-3-7-19-22(17)23(31)28-24-29(15-4-1-2-5-15)20-12-16(14-8-10-27-11-9-14)18(26)13-21(20)30(19)24/h3,6-7,12-15,27H,1-2,4-5,8-11H2. The Balaban J connectivity index is 1.74. The Kier molecular flexibility index (Phi) is 4.65. The Morgan fingerprint density at radius 2 is 1.81 bits per heavy atom. The largest absolute Gasteiger partial charge is 0.317 e. The van der Waals surface area contributed by atoms with Gasteiger partial charge in [0.1, 0.15) is 5.82 Å². The molecule has 7 heteroatoms. The molecular formula is C24H24BrFN4O. The zero-order valence-corrected chi connectivity index (χ0v) is 18.8. The Hall–Kier alpha value is -2.25. The van der Waals surface area contributed by atoms with Crippen LogP contribution in [0.3, 0.4) is 0 Å². The molecule has 0 spiro atoms. The second-order valence-electron chi connectivity index (χ2n) is 8.88. The van der Waals surface area contributed by atoms with E-state index < -0.39 is 0 Å². The quantitative estimate of drug-likeness (QED) is 0.422. The minimum Gasteiger partial charge on any atom is -0.317 e. The molecule has 160 valence electrons. The first-order chi connectivity index (χ1) is 15.1. The number of aromatic nitrogens is 3. The van der Waals surface area contributed by atoms with E-state index in [1.165, 1.54) is 12.8 Å². The summed E-state index contributed by atoms with van der Waals surface area (Å²) in [6.07, 6.45) is 6.35. The first-order valence-electron chi connectivity index (χ1n) is 11.2. The number of hydrogen-bond donors (Lipinski definition) is 1. The molecule has 0 bridgehead atoms. The van der Waals surface area contributed by atoms with Crippen molar-refractivity contribution in [3.8, 4) is 0 Å². The summed E-state index contributed by atoms with van der Waals surface area (Å²) in [7, 11) is 0. The summed E-state index contributed by atoms with van der Waals surface area (Å²) in [5, 5.41) is 3.90. The van der Waals surface area contributed by atoms with Crippen LogP contribution in [0.2, 0.25) is 0 Å². The zero-order chi connectivity index (χ0) is 21.1. The lowest BCUT2D eigenvalue weighted by Crippen LogP contribution is -2.27. The lowest BCUT2D eigenvalue weighted by atomic mass is 9.89. The van der Waals surface area contributed by atoms with E-state index in [0.29, 0.717) is 15.6 Å². The van der Waals surface area contributed by atoms with Crippen molar-refractivity contribution in [1.29, 1.82) is 0 Å². The van der Waals surface area contributed by atoms with Gasteiger partial charge in [-0.15, -0.1) is 0 Å². The highest BCUT2D eigenvalue weighted by atomic mass is 79.9. The molecule has 0 atom stereocenters. The number of fused-ring (bicyclic) bond motifs is 5. The van der Waals surface area contributed by atoms with Crippen LogP contribution in [-0.2, 0) is 0 Å². The summed E-state index contributed by atoms with van der Waals surface area (Å²) in [6.45, 7) is 1.84. The molecule has 1 aliphatic heterocycles. The van der Waals surface area contributed by atoms with E-state index in [4.69, 9.17) is 0 Å². The number of imidazole rings is 1. The van der Waals surface area contributed by atoms with E-state index in [9.17, 15) is 4.79 Å². The molecule has 2 aromatic carbocycles. The number of piperidine rings is 1. The molecule has 1 saturated heterocycles. The molecule has 1 saturated carbocycles. The van der Waals surface area contributed by atoms with Crippen LogP contribution in [0.1, 0.15) is 56.0 Å². The second-order valence-corrected chi connectivity index (χ2v) is 9.74. The summed E-state index contributed by atoms with van der Waals surface area (Å²) in [4.78, 5) is 17.5. The van der Waals surface area contributed by atoms with Crippen LogP contribution in [0, 0.1) is 5.82 Å². The van der Waals surface area contributed by atoms with Crippen LogP contribution in [0.15, 0.2) is 39.6 Å². The Bertz CT molecular complexity index is 1380. The Morgan fingerprint density at radius 1 is 1.03 bits per heavy atom. The average Bonchev–Trinajstić information content (AvgIpc) is 3.39. The molecule has 1 N–H and O–H groups in total. The lowest BCUT2D eigenvalue weighted by molar-refractivity contribution is 0.445. The molecule has 2 aromatic heterocycles. The number of hydrogen-bond acceptors (Lipinski definition) is 3. The third-order valence-electron chi connectivity index (χ3n) is 7.13. The van der Waals surface area contributed by atoms with Crippen molar-refractivity contribution in [2.75, 3.05) is 13.1 Å². The van der Waals surface area contributed by atoms with E-state index in [1.54, 1.807) is 6.07 Å². The summed E-state index contributed by atoms with van der Waals surface area (Å²) in [5.74, 6) is 0.686. The fourth-order valence-electron chi connectivity index (χ4n) is 5.63. The van der Waals surface area contributed by atoms with E-state index in [0.717, 1.165) is 60.9 Å². The minimum absolute atomic E-state index is 0.160. The van der Waals surface area contributed by atoms with Gasteiger partial charge in [0.2, 0.25) is 5.78 Å². The predicted octanol–water partition coefficient (Wildman–Crippen LogP) is 5.29. The topological polar surface area (TPSA) is 51.3 Å². The number of halogens is 2. The third-order valence-corrected chi connectivity index (χ3v) is 7.79. The van der Waals surface area contributed by atoms with Crippen molar-refractivity contribution in [2.24, 2.45) is 0 Å². The summed E-state index contributed by atoms with van der Waals surface area (Å²) in [6, 6.07) is 9.68. The van der Waals surface area contributed by atoms with Crippen molar-refractivity contribution in [1.82, 2.24) is 19.3 Å². The van der Waals surface area contributed by atoms with E-state index in [2.05, 4.69) is 30.8 Å². The van der Waals surface area contributed by atoms with Crippen molar-refractivity contribution in [3.05, 3.63) is 56.5 Å². The smallest absolute Gasteiger partial charge is 0.283 e. The number of nitrogens with zero attached hydrogens (tertiary/aromatic N) is 3. The monoisotopic (exact) mass is 482 g/mol. The van der Waals surface area contributed by atoms with Gasteiger partial charge in [0.25, 0.3) is 5.56 Å². The molecule has 2 fully saturated rings. The fourth-order valence-corrected chi connectivity index (χ4v) is 6.16. The molecule has 5 nitrogen and oxygen atoms in total. The van der Waals surface area contributed by atoms with Crippen LogP contribution >= 0.6 is 15.9 Å². The van der Waals surface area contributed by atoms with Gasteiger partial charge in [-0.2, -0.15) is 4.98 Å². The number of nitrogens with one attached hydrogen (secondary N) is 1. The van der Waals surface area contributed by atoms with Gasteiger partial charge in [0.05, 0.1) is 21.9 Å². The van der Waals surface area contributed by atoms with E-state index in [1.807, 2.05) is 28.7 Å². The maximum Gasteiger partial charge on any atom is 0.283 e. The lowest BCUT2D eigenvalue weighted by Gasteiger charge is -2.23. The molecule has 0 radical (unpaired) electrons. The van der Waals surface area contributed by atoms with Gasteiger partial charge in [-0.1, -0.05) is 18.9 Å². The van der Waals surface area contributed by atoms with Crippen molar-refractivity contribution in [2.45, 2.75) is 50.5 Å². The van der Waals surface area contributed by atoms with Gasteiger partial charge in [-0.05, 0) is 84.4 Å². The average molecular weight is 483 g/mol. The maximum absolute atomic E-state index is 15.4. The van der Waals surface area contributed by atoms with Gasteiger partial charge >= 0.3 is 0 Å². The van der Waals surface area contributed by atoms with Gasteiger partial charge in [0, 0.05) is 16.6 Å². The molecule has 3 heterocycles. The summed E-state index contributed by atoms with van der Waals surface area (Å²) >= 11 is 3.51. The highest BCUT2D eigenvalue weighted by Crippen LogP contribution is 2.38. The highest BCUT2D eigenvalue weighted by Gasteiger charge is 2.27. The van der Waals surface area contributed by atoms with Crippen LogP contribution in [0.4, 0.5) is 4.39 Å². The van der Waals surface area contributed by atoms with Gasteiger partial charge in [-0.25, -0.2) is 4.39 Å². The first-order valence-corrected chi connectivity index (χ1v) is 12.0. The maximum atomic E-state index is 15.4. The first kappa shape index (κ1) is 19.4. The van der Waals surface area contributed by atoms with Gasteiger partial charge in [0.15, 0.2) is 0 Å². The minimum atomic E-state index is -0.247. The van der Waals surface area contributed by atoms with Crippen molar-refractivity contribution in [3.63, 3.8) is 0 Å². The molecule has 4 aromatic rings.